The number of nitrogens with one attached hydrogen (secondary N) is 3. The van der Waals surface area contributed by atoms with Crippen LogP contribution in [0.2, 0.25) is 0 Å². The quantitative estimate of drug-likeness (QED) is 0.146. The second kappa shape index (κ2) is 15.8. The van der Waals surface area contributed by atoms with Gasteiger partial charge >= 0.3 is 0 Å². The van der Waals surface area contributed by atoms with Crippen LogP contribution in [0.5, 0.6) is 0 Å². The van der Waals surface area contributed by atoms with Gasteiger partial charge in [0.15, 0.2) is 0 Å². The van der Waals surface area contributed by atoms with Crippen molar-refractivity contribution in [3.05, 3.63) is 121 Å². The van der Waals surface area contributed by atoms with Gasteiger partial charge in [-0.15, -0.1) is 0 Å². The molecule has 0 saturated heterocycles. The van der Waals surface area contributed by atoms with E-state index in [1.807, 2.05) is 42.7 Å². The van der Waals surface area contributed by atoms with Crippen LogP contribution >= 0.6 is 0 Å². The van der Waals surface area contributed by atoms with Gasteiger partial charge < -0.3 is 19.5 Å². The molecule has 0 aliphatic carbocycles. The van der Waals surface area contributed by atoms with Gasteiger partial charge in [0.2, 0.25) is 0 Å². The molecule has 0 atom stereocenters. The molecule has 3 N–H and O–H groups in total. The summed E-state index contributed by atoms with van der Waals surface area (Å²) in [7, 11) is 0. The predicted molar refractivity (Wildman–Crippen MR) is 226 cm³/mol. The molecule has 8 aromatic rings. The first kappa shape index (κ1) is 40.5. The molecule has 0 aliphatic heterocycles. The highest BCUT2D eigenvalue weighted by Gasteiger charge is 2.19. The third kappa shape index (κ3) is 10.0. The fourth-order valence-corrected chi connectivity index (χ4v) is 5.77. The molecule has 0 fully saturated rings. The first-order valence-corrected chi connectivity index (χ1v) is 18.1. The highest BCUT2D eigenvalue weighted by molar-refractivity contribution is 5.79. The van der Waals surface area contributed by atoms with Gasteiger partial charge in [0, 0.05) is 11.0 Å². The van der Waals surface area contributed by atoms with Crippen molar-refractivity contribution < 1.29 is 0 Å². The maximum Gasteiger partial charge on any atom is 0.112 e. The number of benzene rings is 4. The van der Waals surface area contributed by atoms with Crippen molar-refractivity contribution in [2.45, 2.75) is 112 Å². The highest BCUT2D eigenvalue weighted by atomic mass is 15.1. The van der Waals surface area contributed by atoms with E-state index in [9.17, 15) is 0 Å². The van der Waals surface area contributed by atoms with Crippen molar-refractivity contribution in [1.29, 1.82) is 0 Å². The summed E-state index contributed by atoms with van der Waals surface area (Å²) in [6.07, 6.45) is 5.39. The van der Waals surface area contributed by atoms with Gasteiger partial charge in [0.05, 0.1) is 63.1 Å². The van der Waals surface area contributed by atoms with Crippen molar-refractivity contribution in [2.75, 3.05) is 0 Å². The van der Waals surface area contributed by atoms with Gasteiger partial charge in [-0.1, -0.05) is 112 Å². The number of fused-ring (bicyclic) bond motifs is 4. The van der Waals surface area contributed by atoms with E-state index in [4.69, 9.17) is 0 Å². The Morgan fingerprint density at radius 2 is 1.15 bits per heavy atom. The number of hydrogen-bond donors (Lipinski definition) is 3. The fraction of sp³-hybridized carbons (Fsp3) is 0.378. The molecule has 0 amide bonds. The standard InChI is InChI=1S/4C11H14N2.CH4/c1-11(2,3)8-4-5-9-10(6-8)13-7-12-9;1-11(2,3)8-5-4-6-9-10(8)13-7-12-9;1-11(2,3)13-8-12-9-6-4-5-7-10(9)13;1-11(2,3)10-12-8-6-4-5-7-9(8)13-10;/h2*4-7H,1-3H3,(H,12,13);4-8H,1-3H3;4-7H,1-3H3,(H,12,13);1H4. The van der Waals surface area contributed by atoms with Crippen LogP contribution in [-0.4, -0.2) is 39.5 Å². The molecule has 8 rings (SSSR count). The van der Waals surface area contributed by atoms with E-state index in [0.717, 1.165) is 44.4 Å². The van der Waals surface area contributed by atoms with Crippen LogP contribution in [0, 0.1) is 0 Å². The molecule has 0 radical (unpaired) electrons. The highest BCUT2D eigenvalue weighted by Crippen LogP contribution is 2.28. The molecule has 4 aromatic carbocycles. The molecule has 280 valence electrons. The van der Waals surface area contributed by atoms with E-state index in [1.54, 1.807) is 12.7 Å². The molecule has 53 heavy (non-hydrogen) atoms. The van der Waals surface area contributed by atoms with Gasteiger partial charge in [-0.25, -0.2) is 19.9 Å². The van der Waals surface area contributed by atoms with Gasteiger partial charge in [-0.2, -0.15) is 0 Å². The number of para-hydroxylation sites is 5. The van der Waals surface area contributed by atoms with E-state index >= 15 is 0 Å². The lowest BCUT2D eigenvalue weighted by Gasteiger charge is -2.21. The monoisotopic (exact) mass is 712 g/mol. The zero-order valence-corrected chi connectivity index (χ0v) is 33.1. The van der Waals surface area contributed by atoms with Crippen LogP contribution in [0.4, 0.5) is 0 Å². The fourth-order valence-electron chi connectivity index (χ4n) is 5.77. The Balaban J connectivity index is 0.000000157. The number of aromatic nitrogens is 8. The minimum absolute atomic E-state index is 0. The maximum atomic E-state index is 4.53. The van der Waals surface area contributed by atoms with Crippen molar-refractivity contribution in [2.24, 2.45) is 0 Å². The number of nitrogens with zero attached hydrogens (tertiary/aromatic N) is 5. The Bertz CT molecular complexity index is 2300. The summed E-state index contributed by atoms with van der Waals surface area (Å²) in [5, 5.41) is 0. The van der Waals surface area contributed by atoms with Crippen LogP contribution in [0.1, 0.15) is 107 Å². The molecule has 4 aromatic heterocycles. The van der Waals surface area contributed by atoms with E-state index in [1.165, 1.54) is 16.6 Å². The number of hydrogen-bond acceptors (Lipinski definition) is 4. The van der Waals surface area contributed by atoms with Crippen molar-refractivity contribution >= 4 is 44.1 Å². The largest absolute Gasteiger partial charge is 0.345 e. The minimum Gasteiger partial charge on any atom is -0.345 e. The van der Waals surface area contributed by atoms with Crippen LogP contribution in [0.15, 0.2) is 104 Å². The summed E-state index contributed by atoms with van der Waals surface area (Å²) in [6.45, 7) is 26.3. The lowest BCUT2D eigenvalue weighted by molar-refractivity contribution is 0.408. The summed E-state index contributed by atoms with van der Waals surface area (Å²) >= 11 is 0. The Morgan fingerprint density at radius 3 is 1.79 bits per heavy atom. The Morgan fingerprint density at radius 1 is 0.528 bits per heavy atom. The van der Waals surface area contributed by atoms with E-state index < -0.39 is 0 Å². The third-order valence-electron chi connectivity index (χ3n) is 8.82. The SMILES string of the molecule is C.CC(C)(C)c1ccc2nc[nH]c2c1.CC(C)(C)c1cccc2[nH]cnc12.CC(C)(C)c1nc2ccccc2[nH]1.CC(C)(C)n1cnc2ccccc21. The van der Waals surface area contributed by atoms with Crippen LogP contribution in [0.3, 0.4) is 0 Å². The summed E-state index contributed by atoms with van der Waals surface area (Å²) in [4.78, 5) is 27.0. The lowest BCUT2D eigenvalue weighted by Crippen LogP contribution is -2.20. The topological polar surface area (TPSA) is 104 Å². The zero-order chi connectivity index (χ0) is 37.9. The van der Waals surface area contributed by atoms with Crippen molar-refractivity contribution in [3.8, 4) is 0 Å². The average Bonchev–Trinajstić information content (AvgIpc) is 3.89. The molecule has 0 bridgehead atoms. The Labute approximate surface area is 315 Å². The van der Waals surface area contributed by atoms with Crippen LogP contribution in [-0.2, 0) is 21.8 Å². The first-order valence-electron chi connectivity index (χ1n) is 18.1. The van der Waals surface area contributed by atoms with Gasteiger partial charge in [0.1, 0.15) is 5.82 Å². The second-order valence-electron chi connectivity index (χ2n) is 17.4. The molecule has 0 unspecified atom stereocenters. The second-order valence-corrected chi connectivity index (χ2v) is 17.4. The molecule has 8 heteroatoms. The van der Waals surface area contributed by atoms with Crippen LogP contribution in [0.25, 0.3) is 44.1 Å². The third-order valence-corrected chi connectivity index (χ3v) is 8.82. The van der Waals surface area contributed by atoms with Gasteiger partial charge in [0.25, 0.3) is 0 Å². The molecular weight excluding hydrogens is 653 g/mol. The summed E-state index contributed by atoms with van der Waals surface area (Å²) in [6, 6.07) is 29.0. The number of imidazole rings is 4. The molecule has 0 aliphatic rings. The molecular formula is C45H60N8. The summed E-state index contributed by atoms with van der Waals surface area (Å²) in [5.74, 6) is 1.05. The molecule has 0 spiro atoms. The van der Waals surface area contributed by atoms with Gasteiger partial charge in [-0.05, 0) is 85.2 Å². The smallest absolute Gasteiger partial charge is 0.112 e. The maximum absolute atomic E-state index is 4.53. The number of rotatable bonds is 0. The zero-order valence-electron chi connectivity index (χ0n) is 33.1. The van der Waals surface area contributed by atoms with Crippen molar-refractivity contribution in [1.82, 2.24) is 39.5 Å². The van der Waals surface area contributed by atoms with E-state index in [2.05, 4.69) is 171 Å². The predicted octanol–water partition coefficient (Wildman–Crippen LogP) is 12.0. The molecule has 4 heterocycles. The summed E-state index contributed by atoms with van der Waals surface area (Å²) < 4.78 is 2.20. The van der Waals surface area contributed by atoms with Crippen LogP contribution < -0.4 is 0 Å². The lowest BCUT2D eigenvalue weighted by atomic mass is 9.86. The first-order chi connectivity index (χ1) is 24.3. The number of H-pyrrole nitrogens is 3. The normalized spacial score (nSPS) is 12.0. The van der Waals surface area contributed by atoms with Gasteiger partial charge in [-0.3, -0.25) is 0 Å². The minimum atomic E-state index is 0. The average molecular weight is 713 g/mol. The Kier molecular flexibility index (Phi) is 12.1. The van der Waals surface area contributed by atoms with E-state index in [-0.39, 0.29) is 29.2 Å². The Hall–Kier alpha value is -5.24. The van der Waals surface area contributed by atoms with E-state index in [0.29, 0.717) is 0 Å². The molecule has 0 saturated carbocycles. The van der Waals surface area contributed by atoms with Crippen molar-refractivity contribution in [3.63, 3.8) is 0 Å². The summed E-state index contributed by atoms with van der Waals surface area (Å²) in [5.41, 5.74) is 12.0. The molecule has 8 nitrogen and oxygen atoms in total. The number of aromatic amines is 3.